The van der Waals surface area contributed by atoms with E-state index >= 15 is 0 Å². The second-order valence-electron chi connectivity index (χ2n) is 8.44. The molecule has 0 aliphatic carbocycles. The third-order valence-corrected chi connectivity index (χ3v) is 6.84. The van der Waals surface area contributed by atoms with Crippen molar-refractivity contribution in [3.63, 3.8) is 0 Å². The molecule has 2 heterocycles. The summed E-state index contributed by atoms with van der Waals surface area (Å²) < 4.78 is 8.51. The fraction of sp³-hybridized carbons (Fsp3) is 0.185. The minimum Gasteiger partial charge on any atom is -0.367 e. The Hall–Kier alpha value is -3.12. The molecule has 0 saturated heterocycles. The van der Waals surface area contributed by atoms with E-state index in [1.165, 1.54) is 0 Å². The molecule has 1 atom stereocenters. The van der Waals surface area contributed by atoms with Crippen LogP contribution in [0.25, 0.3) is 21.9 Å². The van der Waals surface area contributed by atoms with Crippen molar-refractivity contribution in [3.8, 4) is 0 Å². The van der Waals surface area contributed by atoms with Crippen LogP contribution >= 0.6 is 23.2 Å². The van der Waals surface area contributed by atoms with Crippen LogP contribution in [0.5, 0.6) is 0 Å². The summed E-state index contributed by atoms with van der Waals surface area (Å²) in [6, 6.07) is 19.0. The topological polar surface area (TPSA) is 59.9 Å². The largest absolute Gasteiger partial charge is 0.367 e. The van der Waals surface area contributed by atoms with E-state index in [0.717, 1.165) is 44.2 Å². The fourth-order valence-electron chi connectivity index (χ4n) is 4.29. The smallest absolute Gasteiger partial charge is 0.248 e. The van der Waals surface area contributed by atoms with Crippen molar-refractivity contribution in [2.45, 2.75) is 33.1 Å². The minimum atomic E-state index is -0.386. The second-order valence-corrected chi connectivity index (χ2v) is 9.28. The first-order valence-corrected chi connectivity index (χ1v) is 11.7. The second kappa shape index (κ2) is 9.26. The van der Waals surface area contributed by atoms with Crippen LogP contribution in [-0.4, -0.2) is 14.5 Å². The van der Waals surface area contributed by atoms with Gasteiger partial charge in [-0.1, -0.05) is 53.5 Å². The Labute approximate surface area is 206 Å². The van der Waals surface area contributed by atoms with Crippen LogP contribution in [0.4, 0.5) is 0 Å². The van der Waals surface area contributed by atoms with E-state index in [2.05, 4.69) is 16.0 Å². The number of nitrogens with zero attached hydrogens (tertiary/aromatic N) is 2. The normalized spacial score (nSPS) is 12.5. The summed E-state index contributed by atoms with van der Waals surface area (Å²) in [6.07, 6.45) is 1.42. The molecule has 2 aromatic heterocycles. The number of pyridine rings is 1. The zero-order valence-electron chi connectivity index (χ0n) is 18.8. The van der Waals surface area contributed by atoms with Crippen molar-refractivity contribution >= 4 is 45.1 Å². The van der Waals surface area contributed by atoms with Crippen LogP contribution in [0.1, 0.15) is 28.4 Å². The SMILES string of the molecule is Cc1ccc2c(COC(Cn3cnc4ccccc43)c3ccc(Cl)cc3Cl)cc(=O)[nH]c2c1C. The number of aryl methyl sites for hydroxylation is 2. The maximum absolute atomic E-state index is 12.4. The first kappa shape index (κ1) is 22.7. The zero-order chi connectivity index (χ0) is 23.8. The molecular formula is C27H23Cl2N3O2. The molecule has 172 valence electrons. The summed E-state index contributed by atoms with van der Waals surface area (Å²) in [5, 5.41) is 2.06. The summed E-state index contributed by atoms with van der Waals surface area (Å²) in [5.74, 6) is 0. The summed E-state index contributed by atoms with van der Waals surface area (Å²) in [6.45, 7) is 4.79. The maximum atomic E-state index is 12.4. The van der Waals surface area contributed by atoms with Crippen molar-refractivity contribution in [1.29, 1.82) is 0 Å². The van der Waals surface area contributed by atoms with Crippen molar-refractivity contribution in [3.05, 3.63) is 110 Å². The predicted octanol–water partition coefficient (Wildman–Crippen LogP) is 6.76. The fourth-order valence-corrected chi connectivity index (χ4v) is 4.82. The first-order chi connectivity index (χ1) is 16.4. The Kier molecular flexibility index (Phi) is 6.17. The molecule has 3 aromatic carbocycles. The molecule has 0 amide bonds. The Morgan fingerprint density at radius 3 is 2.71 bits per heavy atom. The van der Waals surface area contributed by atoms with E-state index in [9.17, 15) is 4.79 Å². The van der Waals surface area contributed by atoms with Gasteiger partial charge >= 0.3 is 0 Å². The Balaban J connectivity index is 1.53. The van der Waals surface area contributed by atoms with E-state index in [0.29, 0.717) is 16.6 Å². The molecule has 0 radical (unpaired) electrons. The number of aromatic amines is 1. The molecule has 0 aliphatic heterocycles. The maximum Gasteiger partial charge on any atom is 0.248 e. The molecule has 5 nitrogen and oxygen atoms in total. The van der Waals surface area contributed by atoms with Crippen molar-refractivity contribution in [2.75, 3.05) is 0 Å². The Bertz CT molecular complexity index is 1570. The minimum absolute atomic E-state index is 0.151. The monoisotopic (exact) mass is 491 g/mol. The summed E-state index contributed by atoms with van der Waals surface area (Å²) in [7, 11) is 0. The molecule has 5 aromatic rings. The highest BCUT2D eigenvalue weighted by molar-refractivity contribution is 6.35. The van der Waals surface area contributed by atoms with E-state index in [-0.39, 0.29) is 18.3 Å². The molecule has 0 fully saturated rings. The number of hydrogen-bond acceptors (Lipinski definition) is 3. The van der Waals surface area contributed by atoms with Gasteiger partial charge in [-0.05, 0) is 54.8 Å². The number of H-pyrrole nitrogens is 1. The number of aromatic nitrogens is 3. The Morgan fingerprint density at radius 2 is 1.88 bits per heavy atom. The van der Waals surface area contributed by atoms with Crippen LogP contribution in [0.2, 0.25) is 10.0 Å². The number of hydrogen-bond donors (Lipinski definition) is 1. The van der Waals surface area contributed by atoms with Gasteiger partial charge in [0.15, 0.2) is 0 Å². The van der Waals surface area contributed by atoms with Gasteiger partial charge in [0.25, 0.3) is 0 Å². The molecule has 0 bridgehead atoms. The quantitative estimate of drug-likeness (QED) is 0.285. The lowest BCUT2D eigenvalue weighted by atomic mass is 10.0. The average Bonchev–Trinajstić information content (AvgIpc) is 3.22. The molecule has 0 aliphatic rings. The average molecular weight is 492 g/mol. The van der Waals surface area contributed by atoms with Crippen LogP contribution in [0.3, 0.4) is 0 Å². The highest BCUT2D eigenvalue weighted by Crippen LogP contribution is 2.32. The molecule has 5 rings (SSSR count). The van der Waals surface area contributed by atoms with Crippen LogP contribution in [0, 0.1) is 13.8 Å². The van der Waals surface area contributed by atoms with E-state index < -0.39 is 0 Å². The molecule has 1 unspecified atom stereocenters. The van der Waals surface area contributed by atoms with Crippen molar-refractivity contribution in [2.24, 2.45) is 0 Å². The van der Waals surface area contributed by atoms with Gasteiger partial charge in [-0.3, -0.25) is 4.79 Å². The van der Waals surface area contributed by atoms with Crippen LogP contribution in [0.15, 0.2) is 71.8 Å². The predicted molar refractivity (Wildman–Crippen MR) is 138 cm³/mol. The number of imidazole rings is 1. The third-order valence-electron chi connectivity index (χ3n) is 6.27. The summed E-state index contributed by atoms with van der Waals surface area (Å²) in [5.41, 5.74) is 6.44. The molecule has 0 saturated carbocycles. The lowest BCUT2D eigenvalue weighted by molar-refractivity contribution is 0.0293. The van der Waals surface area contributed by atoms with Gasteiger partial charge < -0.3 is 14.3 Å². The molecule has 1 N–H and O–H groups in total. The molecule has 7 heteroatoms. The molecule has 34 heavy (non-hydrogen) atoms. The number of para-hydroxylation sites is 2. The standard InChI is InChI=1S/C27H23Cl2N3O2/c1-16-7-9-20-18(11-26(33)31-27(20)17(16)2)14-34-25(21-10-8-19(28)12-22(21)29)13-32-15-30-23-5-3-4-6-24(23)32/h3-12,15,25H,13-14H2,1-2H3,(H,31,33). The van der Waals surface area contributed by atoms with Gasteiger partial charge in [0, 0.05) is 27.1 Å². The molecule has 0 spiro atoms. The molecular weight excluding hydrogens is 469 g/mol. The van der Waals surface area contributed by atoms with E-state index in [1.807, 2.05) is 54.8 Å². The van der Waals surface area contributed by atoms with Crippen LogP contribution in [-0.2, 0) is 17.9 Å². The van der Waals surface area contributed by atoms with Gasteiger partial charge in [-0.15, -0.1) is 0 Å². The first-order valence-electron chi connectivity index (χ1n) is 11.0. The van der Waals surface area contributed by atoms with Crippen molar-refractivity contribution < 1.29 is 4.74 Å². The van der Waals surface area contributed by atoms with Gasteiger partial charge in [0.2, 0.25) is 5.56 Å². The number of ether oxygens (including phenoxy) is 1. The van der Waals surface area contributed by atoms with E-state index in [1.54, 1.807) is 24.5 Å². The van der Waals surface area contributed by atoms with Crippen LogP contribution < -0.4 is 5.56 Å². The number of benzene rings is 3. The highest BCUT2D eigenvalue weighted by Gasteiger charge is 2.19. The number of fused-ring (bicyclic) bond motifs is 2. The lowest BCUT2D eigenvalue weighted by Gasteiger charge is -2.21. The van der Waals surface area contributed by atoms with Gasteiger partial charge in [0.05, 0.1) is 36.0 Å². The van der Waals surface area contributed by atoms with E-state index in [4.69, 9.17) is 27.9 Å². The number of halogens is 2. The highest BCUT2D eigenvalue weighted by atomic mass is 35.5. The number of nitrogens with one attached hydrogen (secondary N) is 1. The lowest BCUT2D eigenvalue weighted by Crippen LogP contribution is -2.15. The van der Waals surface area contributed by atoms with Gasteiger partial charge in [-0.2, -0.15) is 0 Å². The van der Waals surface area contributed by atoms with Crippen molar-refractivity contribution in [1.82, 2.24) is 14.5 Å². The summed E-state index contributed by atoms with van der Waals surface area (Å²) in [4.78, 5) is 19.9. The van der Waals surface area contributed by atoms with Gasteiger partial charge in [-0.25, -0.2) is 4.98 Å². The summed E-state index contributed by atoms with van der Waals surface area (Å²) >= 11 is 12.7. The third kappa shape index (κ3) is 4.34. The van der Waals surface area contributed by atoms with Gasteiger partial charge in [0.1, 0.15) is 6.10 Å². The number of rotatable bonds is 6. The zero-order valence-corrected chi connectivity index (χ0v) is 20.3. The Morgan fingerprint density at radius 1 is 1.06 bits per heavy atom.